The zero-order valence-electron chi connectivity index (χ0n) is 23.6. The summed E-state index contributed by atoms with van der Waals surface area (Å²) in [5, 5.41) is 0. The molecular formula is C23H48F6N2O4S2+2. The molecule has 37 heavy (non-hydrogen) atoms. The first-order valence-corrected chi connectivity index (χ1v) is 15.6. The second-order valence-electron chi connectivity index (χ2n) is 11.2. The van der Waals surface area contributed by atoms with E-state index in [2.05, 4.69) is 28.1 Å². The summed E-state index contributed by atoms with van der Waals surface area (Å²) in [5.41, 5.74) is -12.3. The summed E-state index contributed by atoms with van der Waals surface area (Å²) in [5.74, 6) is 0. The summed E-state index contributed by atoms with van der Waals surface area (Å²) in [6, 6.07) is 0. The first-order chi connectivity index (χ1) is 16.4. The molecule has 0 aliphatic rings. The predicted molar refractivity (Wildman–Crippen MR) is 136 cm³/mol. The summed E-state index contributed by atoms with van der Waals surface area (Å²) in [6.07, 6.45) is 7.17. The lowest BCUT2D eigenvalue weighted by atomic mass is 10.1. The topological polar surface area (TPSA) is 68.3 Å². The standard InChI is InChI=1S/C13H24F6NO4S2.C10H24N/c1-5-6-7-8-9-10-11(20(2,3)4,25(21,22)12(14,15)16)26(23,24)13(17,18)19;1-5-6-7-8-9-10-11(2,3)4/h5-10H2,1-4H3;5-10H2,1-4H3/q2*+1. The van der Waals surface area contributed by atoms with Gasteiger partial charge in [-0.15, -0.1) is 0 Å². The van der Waals surface area contributed by atoms with E-state index in [1.165, 1.54) is 38.6 Å². The molecule has 0 aromatic heterocycles. The second-order valence-corrected chi connectivity index (χ2v) is 15.8. The molecule has 0 atom stereocenters. The number of sulfone groups is 2. The molecule has 0 fully saturated rings. The van der Waals surface area contributed by atoms with Gasteiger partial charge in [-0.3, -0.25) is 4.48 Å². The Labute approximate surface area is 220 Å². The fourth-order valence-corrected chi connectivity index (χ4v) is 8.69. The van der Waals surface area contributed by atoms with Crippen molar-refractivity contribution in [3.8, 4) is 0 Å². The lowest BCUT2D eigenvalue weighted by Gasteiger charge is -2.44. The zero-order valence-corrected chi connectivity index (χ0v) is 25.2. The minimum Gasteiger partial charge on any atom is -0.331 e. The lowest BCUT2D eigenvalue weighted by molar-refractivity contribution is -0.893. The fourth-order valence-electron chi connectivity index (χ4n) is 3.97. The van der Waals surface area contributed by atoms with Crippen LogP contribution in [-0.2, 0) is 19.7 Å². The molecule has 0 N–H and O–H groups in total. The first kappa shape index (κ1) is 38.5. The summed E-state index contributed by atoms with van der Waals surface area (Å²) in [4.78, 5) is 0. The van der Waals surface area contributed by atoms with Gasteiger partial charge in [-0.2, -0.15) is 26.3 Å². The fraction of sp³-hybridized carbons (Fsp3) is 1.00. The third kappa shape index (κ3) is 10.8. The highest BCUT2D eigenvalue weighted by Crippen LogP contribution is 2.49. The van der Waals surface area contributed by atoms with Crippen molar-refractivity contribution >= 4 is 19.7 Å². The predicted octanol–water partition coefficient (Wildman–Crippen LogP) is 6.24. The van der Waals surface area contributed by atoms with Crippen LogP contribution in [0.5, 0.6) is 0 Å². The quantitative estimate of drug-likeness (QED) is 0.128. The third-order valence-corrected chi connectivity index (χ3v) is 11.7. The molecule has 0 saturated heterocycles. The minimum absolute atomic E-state index is 0.107. The van der Waals surface area contributed by atoms with E-state index in [-0.39, 0.29) is 6.42 Å². The van der Waals surface area contributed by atoms with Gasteiger partial charge in [0.25, 0.3) is 0 Å². The van der Waals surface area contributed by atoms with Gasteiger partial charge in [0.1, 0.15) is 0 Å². The molecule has 14 heteroatoms. The SMILES string of the molecule is CCCCCCCC([N+](C)(C)C)(S(=O)(=O)C(F)(F)F)S(=O)(=O)C(F)(F)F.CCCCCCC[N+](C)(C)C. The Morgan fingerprint density at radius 1 is 0.541 bits per heavy atom. The van der Waals surface area contributed by atoms with Crippen molar-refractivity contribution in [2.24, 2.45) is 0 Å². The maximum atomic E-state index is 13.2. The Morgan fingerprint density at radius 2 is 0.865 bits per heavy atom. The van der Waals surface area contributed by atoms with E-state index >= 15 is 0 Å². The van der Waals surface area contributed by atoms with Crippen LogP contribution in [0.1, 0.15) is 84.5 Å². The number of nitrogens with zero attached hydrogens (tertiary/aromatic N) is 2. The number of halogens is 6. The largest absolute Gasteiger partial charge is 0.504 e. The van der Waals surface area contributed by atoms with Crippen molar-refractivity contribution in [1.82, 2.24) is 0 Å². The van der Waals surface area contributed by atoms with Crippen LogP contribution in [0.4, 0.5) is 26.3 Å². The van der Waals surface area contributed by atoms with Gasteiger partial charge in [-0.25, -0.2) is 16.8 Å². The van der Waals surface area contributed by atoms with Crippen molar-refractivity contribution < 1.29 is 52.1 Å². The molecular weight excluding hydrogens is 546 g/mol. The Hall–Kier alpha value is -0.600. The molecule has 0 heterocycles. The van der Waals surface area contributed by atoms with E-state index in [0.717, 1.165) is 10.9 Å². The summed E-state index contributed by atoms with van der Waals surface area (Å²) in [7, 11) is -4.58. The van der Waals surface area contributed by atoms with Gasteiger partial charge in [0, 0.05) is 6.42 Å². The first-order valence-electron chi connectivity index (χ1n) is 12.6. The molecule has 0 radical (unpaired) electrons. The smallest absolute Gasteiger partial charge is 0.331 e. The van der Waals surface area contributed by atoms with Crippen LogP contribution in [0.2, 0.25) is 0 Å². The summed E-state index contributed by atoms with van der Waals surface area (Å²) < 4.78 is 123. The normalized spacial score (nSPS) is 14.3. The van der Waals surface area contributed by atoms with Crippen molar-refractivity contribution in [1.29, 1.82) is 0 Å². The van der Waals surface area contributed by atoms with Gasteiger partial charge in [-0.1, -0.05) is 58.8 Å². The molecule has 0 aliphatic carbocycles. The molecule has 0 rings (SSSR count). The highest BCUT2D eigenvalue weighted by molar-refractivity contribution is 8.10. The van der Waals surface area contributed by atoms with Crippen LogP contribution in [0.3, 0.4) is 0 Å². The van der Waals surface area contributed by atoms with E-state index in [1.54, 1.807) is 0 Å². The molecule has 0 aromatic carbocycles. The molecule has 0 saturated carbocycles. The van der Waals surface area contributed by atoms with Gasteiger partial charge in [0.05, 0.1) is 48.8 Å². The molecule has 0 unspecified atom stereocenters. The molecule has 0 spiro atoms. The van der Waals surface area contributed by atoms with Gasteiger partial charge in [0.15, 0.2) is 0 Å². The summed E-state index contributed by atoms with van der Waals surface area (Å²) in [6.45, 7) is 5.40. The van der Waals surface area contributed by atoms with E-state index in [0.29, 0.717) is 34.0 Å². The Balaban J connectivity index is 0. The zero-order chi connectivity index (χ0) is 30.0. The Kier molecular flexibility index (Phi) is 15.3. The molecule has 6 nitrogen and oxygen atoms in total. The molecule has 0 aliphatic heterocycles. The van der Waals surface area contributed by atoms with Crippen LogP contribution >= 0.6 is 0 Å². The van der Waals surface area contributed by atoms with Crippen LogP contribution in [0, 0.1) is 0 Å². The van der Waals surface area contributed by atoms with Crippen molar-refractivity contribution in [2.75, 3.05) is 48.8 Å². The van der Waals surface area contributed by atoms with E-state index < -0.39 is 52.2 Å². The number of rotatable bonds is 15. The van der Waals surface area contributed by atoms with Crippen molar-refractivity contribution in [3.05, 3.63) is 0 Å². The van der Waals surface area contributed by atoms with Gasteiger partial charge >= 0.3 is 34.9 Å². The third-order valence-electron chi connectivity index (χ3n) is 6.00. The molecule has 0 bridgehead atoms. The van der Waals surface area contributed by atoms with Crippen LogP contribution in [0.15, 0.2) is 0 Å². The average molecular weight is 595 g/mol. The molecule has 0 amide bonds. The highest BCUT2D eigenvalue weighted by Gasteiger charge is 2.79. The van der Waals surface area contributed by atoms with Gasteiger partial charge in [0.2, 0.25) is 0 Å². The van der Waals surface area contributed by atoms with Crippen LogP contribution in [-0.4, -0.2) is 89.9 Å². The van der Waals surface area contributed by atoms with E-state index in [9.17, 15) is 43.2 Å². The Morgan fingerprint density at radius 3 is 1.14 bits per heavy atom. The van der Waals surface area contributed by atoms with Gasteiger partial charge < -0.3 is 4.48 Å². The summed E-state index contributed by atoms with van der Waals surface area (Å²) >= 11 is 0. The molecule has 226 valence electrons. The van der Waals surface area contributed by atoms with Crippen LogP contribution in [0.25, 0.3) is 0 Å². The number of quaternary nitrogens is 2. The second kappa shape index (κ2) is 14.7. The maximum absolute atomic E-state index is 13.2. The van der Waals surface area contributed by atoms with Crippen molar-refractivity contribution in [3.63, 3.8) is 0 Å². The number of hydrogen-bond acceptors (Lipinski definition) is 4. The van der Waals surface area contributed by atoms with Crippen LogP contribution < -0.4 is 0 Å². The van der Waals surface area contributed by atoms with E-state index in [4.69, 9.17) is 0 Å². The Bertz CT molecular complexity index is 814. The highest BCUT2D eigenvalue weighted by atomic mass is 32.3. The van der Waals surface area contributed by atoms with Gasteiger partial charge in [-0.05, 0) is 19.3 Å². The number of unbranched alkanes of at least 4 members (excludes halogenated alkanes) is 8. The van der Waals surface area contributed by atoms with E-state index in [1.807, 2.05) is 6.92 Å². The molecule has 0 aromatic rings. The number of hydrogen-bond donors (Lipinski definition) is 0. The minimum atomic E-state index is -6.73. The lowest BCUT2D eigenvalue weighted by Crippen LogP contribution is -2.70. The number of alkyl halides is 6. The van der Waals surface area contributed by atoms with Crippen molar-refractivity contribution in [2.45, 2.75) is 99.7 Å². The maximum Gasteiger partial charge on any atom is 0.504 e. The monoisotopic (exact) mass is 594 g/mol. The average Bonchev–Trinajstić information content (AvgIpc) is 2.67.